The lowest BCUT2D eigenvalue weighted by Gasteiger charge is -2.09. The first kappa shape index (κ1) is 12.1. The molecule has 0 aromatic heterocycles. The summed E-state index contributed by atoms with van der Waals surface area (Å²) in [5, 5.41) is 3.40. The first-order valence-electron chi connectivity index (χ1n) is 6.27. The van der Waals surface area contributed by atoms with E-state index in [1.165, 1.54) is 24.8 Å². The molecule has 0 amide bonds. The van der Waals surface area contributed by atoms with Crippen LogP contribution in [0.25, 0.3) is 0 Å². The Labute approximate surface area is 103 Å². The van der Waals surface area contributed by atoms with E-state index >= 15 is 0 Å². The molecule has 3 nitrogen and oxygen atoms in total. The van der Waals surface area contributed by atoms with Gasteiger partial charge >= 0.3 is 0 Å². The lowest BCUT2D eigenvalue weighted by molar-refractivity contribution is 0.185. The molecule has 0 fully saturated rings. The average Bonchev–Trinajstić information content (AvgIpc) is 2.61. The predicted molar refractivity (Wildman–Crippen MR) is 71.5 cm³/mol. The fourth-order valence-electron chi connectivity index (χ4n) is 1.99. The van der Waals surface area contributed by atoms with E-state index in [2.05, 4.69) is 34.6 Å². The molecule has 1 heterocycles. The maximum Gasteiger partial charge on any atom is 0.101 e. The molecule has 0 bridgehead atoms. The number of nitrogens with one attached hydrogen (secondary N) is 1. The molecule has 3 heteroatoms. The van der Waals surface area contributed by atoms with Crippen molar-refractivity contribution in [3.8, 4) is 0 Å². The minimum Gasteiger partial charge on any atom is -0.380 e. The van der Waals surface area contributed by atoms with Gasteiger partial charge in [-0.2, -0.15) is 0 Å². The van der Waals surface area contributed by atoms with Crippen molar-refractivity contribution in [2.24, 2.45) is 4.99 Å². The molecule has 0 atom stereocenters. The number of amidine groups is 1. The Hall–Kier alpha value is -1.35. The van der Waals surface area contributed by atoms with Gasteiger partial charge in [0.2, 0.25) is 0 Å². The normalized spacial score (nSPS) is 16.2. The van der Waals surface area contributed by atoms with Crippen molar-refractivity contribution in [2.75, 3.05) is 19.0 Å². The third-order valence-corrected chi connectivity index (χ3v) is 2.93. The molecule has 92 valence electrons. The average molecular weight is 232 g/mol. The van der Waals surface area contributed by atoms with Gasteiger partial charge in [0.25, 0.3) is 0 Å². The summed E-state index contributed by atoms with van der Waals surface area (Å²) in [4.78, 5) is 4.56. The lowest BCUT2D eigenvalue weighted by atomic mass is 10.2. The monoisotopic (exact) mass is 232 g/mol. The van der Waals surface area contributed by atoms with E-state index in [0.717, 1.165) is 24.5 Å². The Morgan fingerprint density at radius 3 is 2.76 bits per heavy atom. The van der Waals surface area contributed by atoms with E-state index in [1.54, 1.807) is 7.11 Å². The quantitative estimate of drug-likeness (QED) is 0.868. The smallest absolute Gasteiger partial charge is 0.101 e. The zero-order valence-electron chi connectivity index (χ0n) is 10.4. The first-order valence-corrected chi connectivity index (χ1v) is 6.27. The van der Waals surface area contributed by atoms with E-state index in [9.17, 15) is 0 Å². The molecule has 1 aromatic carbocycles. The Kier molecular flexibility index (Phi) is 4.56. The third kappa shape index (κ3) is 3.86. The van der Waals surface area contributed by atoms with Gasteiger partial charge in [-0.25, -0.2) is 0 Å². The molecule has 0 spiro atoms. The lowest BCUT2D eigenvalue weighted by Crippen LogP contribution is -2.11. The number of ether oxygens (including phenoxy) is 1. The van der Waals surface area contributed by atoms with Crippen LogP contribution >= 0.6 is 0 Å². The highest BCUT2D eigenvalue weighted by Crippen LogP contribution is 2.13. The van der Waals surface area contributed by atoms with Crippen LogP contribution in [0.3, 0.4) is 0 Å². The Morgan fingerprint density at radius 1 is 1.18 bits per heavy atom. The predicted octanol–water partition coefficient (Wildman–Crippen LogP) is 3.22. The third-order valence-electron chi connectivity index (χ3n) is 2.93. The van der Waals surface area contributed by atoms with Crippen LogP contribution < -0.4 is 5.32 Å². The molecule has 0 saturated carbocycles. The molecule has 0 saturated heterocycles. The molecule has 1 N–H and O–H groups in total. The summed E-state index contributed by atoms with van der Waals surface area (Å²) in [6.07, 6.45) is 4.83. The van der Waals surface area contributed by atoms with Crippen molar-refractivity contribution < 1.29 is 4.74 Å². The van der Waals surface area contributed by atoms with Crippen LogP contribution in [0.1, 0.15) is 31.2 Å². The van der Waals surface area contributed by atoms with E-state index in [-0.39, 0.29) is 0 Å². The second-order valence-corrected chi connectivity index (χ2v) is 4.39. The van der Waals surface area contributed by atoms with Crippen LogP contribution in [0.15, 0.2) is 29.3 Å². The number of methoxy groups -OCH3 is 1. The van der Waals surface area contributed by atoms with Crippen molar-refractivity contribution in [2.45, 2.75) is 32.3 Å². The van der Waals surface area contributed by atoms with Crippen LogP contribution in [0.5, 0.6) is 0 Å². The maximum absolute atomic E-state index is 5.09. The summed E-state index contributed by atoms with van der Waals surface area (Å²) in [7, 11) is 1.71. The van der Waals surface area contributed by atoms with Crippen molar-refractivity contribution in [3.63, 3.8) is 0 Å². The summed E-state index contributed by atoms with van der Waals surface area (Å²) < 4.78 is 5.09. The van der Waals surface area contributed by atoms with Gasteiger partial charge in [0.05, 0.1) is 6.61 Å². The van der Waals surface area contributed by atoms with Crippen molar-refractivity contribution >= 4 is 11.5 Å². The minimum atomic E-state index is 0.668. The molecule has 1 aromatic rings. The highest BCUT2D eigenvalue weighted by Gasteiger charge is 2.04. The highest BCUT2D eigenvalue weighted by atomic mass is 16.5. The minimum absolute atomic E-state index is 0.668. The summed E-state index contributed by atoms with van der Waals surface area (Å²) in [5.41, 5.74) is 2.31. The van der Waals surface area contributed by atoms with Crippen molar-refractivity contribution in [1.82, 2.24) is 0 Å². The molecule has 0 radical (unpaired) electrons. The Morgan fingerprint density at radius 2 is 2.00 bits per heavy atom. The highest BCUT2D eigenvalue weighted by molar-refractivity contribution is 5.95. The van der Waals surface area contributed by atoms with Gasteiger partial charge in [-0.3, -0.25) is 4.99 Å². The summed E-state index contributed by atoms with van der Waals surface area (Å²) in [5.74, 6) is 1.13. The van der Waals surface area contributed by atoms with Crippen LogP contribution in [-0.2, 0) is 11.3 Å². The molecular formula is C14H20N2O. The zero-order valence-corrected chi connectivity index (χ0v) is 10.4. The number of rotatable bonds is 3. The van der Waals surface area contributed by atoms with Crippen LogP contribution in [-0.4, -0.2) is 19.5 Å². The second kappa shape index (κ2) is 6.40. The van der Waals surface area contributed by atoms with E-state index in [4.69, 9.17) is 4.74 Å². The van der Waals surface area contributed by atoms with Gasteiger partial charge in [-0.05, 0) is 30.5 Å². The fraction of sp³-hybridized carbons (Fsp3) is 0.500. The van der Waals surface area contributed by atoms with Crippen molar-refractivity contribution in [1.29, 1.82) is 0 Å². The molecule has 1 aliphatic rings. The number of benzene rings is 1. The maximum atomic E-state index is 5.09. The van der Waals surface area contributed by atoms with Gasteiger partial charge < -0.3 is 10.1 Å². The molecule has 0 unspecified atom stereocenters. The topological polar surface area (TPSA) is 33.6 Å². The van der Waals surface area contributed by atoms with Gasteiger partial charge in [0.1, 0.15) is 5.84 Å². The van der Waals surface area contributed by atoms with Gasteiger partial charge in [0, 0.05) is 25.8 Å². The van der Waals surface area contributed by atoms with Crippen LogP contribution in [0.4, 0.5) is 5.69 Å². The van der Waals surface area contributed by atoms with Gasteiger partial charge in [-0.1, -0.05) is 18.6 Å². The van der Waals surface area contributed by atoms with Crippen LogP contribution in [0, 0.1) is 0 Å². The van der Waals surface area contributed by atoms with Gasteiger partial charge in [-0.15, -0.1) is 0 Å². The van der Waals surface area contributed by atoms with E-state index < -0.39 is 0 Å². The Balaban J connectivity index is 1.95. The van der Waals surface area contributed by atoms with Crippen LogP contribution in [0.2, 0.25) is 0 Å². The SMILES string of the molecule is COCc1ccc(NC2=NCCCCC2)cc1. The molecule has 17 heavy (non-hydrogen) atoms. The fourth-order valence-corrected chi connectivity index (χ4v) is 1.99. The molecule has 1 aliphatic heterocycles. The standard InChI is InChI=1S/C14H20N2O/c1-17-11-12-6-8-13(9-7-12)16-14-5-3-2-4-10-15-14/h6-9H,2-5,10-11H2,1H3,(H,15,16). The second-order valence-electron chi connectivity index (χ2n) is 4.39. The summed E-state index contributed by atoms with van der Waals surface area (Å²) in [6, 6.07) is 8.34. The largest absolute Gasteiger partial charge is 0.380 e. The molecule has 0 aliphatic carbocycles. The van der Waals surface area contributed by atoms with Crippen molar-refractivity contribution in [3.05, 3.63) is 29.8 Å². The van der Waals surface area contributed by atoms with E-state index in [1.807, 2.05) is 0 Å². The first-order chi connectivity index (χ1) is 8.38. The van der Waals surface area contributed by atoms with E-state index in [0.29, 0.717) is 6.61 Å². The number of anilines is 1. The number of nitrogens with zero attached hydrogens (tertiary/aromatic N) is 1. The number of hydrogen-bond acceptors (Lipinski definition) is 3. The summed E-state index contributed by atoms with van der Waals surface area (Å²) >= 11 is 0. The molecular weight excluding hydrogens is 212 g/mol. The zero-order chi connectivity index (χ0) is 11.9. The Bertz CT molecular complexity index is 370. The number of aliphatic imine (C=N–C) groups is 1. The summed E-state index contributed by atoms with van der Waals surface area (Å²) in [6.45, 7) is 1.63. The number of hydrogen-bond donors (Lipinski definition) is 1. The van der Waals surface area contributed by atoms with Gasteiger partial charge in [0.15, 0.2) is 0 Å². The molecule has 2 rings (SSSR count).